The third kappa shape index (κ3) is 13.0. The molecule has 1 rings (SSSR count). The summed E-state index contributed by atoms with van der Waals surface area (Å²) in [6.07, 6.45) is 1.15. The summed E-state index contributed by atoms with van der Waals surface area (Å²) in [5.74, 6) is 0.323. The Bertz CT molecular complexity index is 719. The monoisotopic (exact) mass is 462 g/mol. The highest BCUT2D eigenvalue weighted by molar-refractivity contribution is 5.92. The zero-order valence-electron chi connectivity index (χ0n) is 21.1. The van der Waals surface area contributed by atoms with Gasteiger partial charge in [0.1, 0.15) is 19.3 Å². The van der Waals surface area contributed by atoms with E-state index in [0.717, 1.165) is 12.0 Å². The summed E-state index contributed by atoms with van der Waals surface area (Å²) in [4.78, 5) is 38.1. The van der Waals surface area contributed by atoms with Gasteiger partial charge < -0.3 is 20.1 Å². The van der Waals surface area contributed by atoms with E-state index in [1.165, 1.54) is 0 Å². The van der Waals surface area contributed by atoms with Gasteiger partial charge in [0.2, 0.25) is 5.91 Å². The Balaban J connectivity index is 2.71. The number of hydrogen-bond donors (Lipinski definition) is 2. The van der Waals surface area contributed by atoms with Gasteiger partial charge in [-0.25, -0.2) is 4.79 Å². The molecular weight excluding hydrogens is 420 g/mol. The number of ketones is 1. The summed E-state index contributed by atoms with van der Waals surface area (Å²) in [5.41, 5.74) is 0.859. The molecule has 0 aromatic heterocycles. The standard InChI is InChI=1S/C26H42N2O5/c1-18(2)12-13-32-17-24(29)22(14-19(3)4)27-25(30)23(15-20(5)6)28-26(31)33-16-21-10-8-7-9-11-21/h7-11,18-20,22-23H,12-17H2,1-6H3,(H,27,30)(H,28,31)/t22-,23-/m0/s1. The van der Waals surface area contributed by atoms with E-state index in [9.17, 15) is 14.4 Å². The first-order valence-electron chi connectivity index (χ1n) is 12.0. The van der Waals surface area contributed by atoms with Gasteiger partial charge in [-0.05, 0) is 42.6 Å². The predicted octanol–water partition coefficient (Wildman–Crippen LogP) is 4.49. The molecular formula is C26H42N2O5. The second kappa shape index (κ2) is 15.4. The number of hydrogen-bond acceptors (Lipinski definition) is 5. The second-order valence-corrected chi connectivity index (χ2v) is 9.78. The van der Waals surface area contributed by atoms with Gasteiger partial charge in [-0.3, -0.25) is 9.59 Å². The lowest BCUT2D eigenvalue weighted by Gasteiger charge is -2.24. The van der Waals surface area contributed by atoms with Gasteiger partial charge in [-0.15, -0.1) is 0 Å². The Morgan fingerprint density at radius 1 is 0.818 bits per heavy atom. The third-order valence-corrected chi connectivity index (χ3v) is 5.02. The van der Waals surface area contributed by atoms with Crippen molar-refractivity contribution in [1.82, 2.24) is 10.6 Å². The van der Waals surface area contributed by atoms with Crippen molar-refractivity contribution in [3.63, 3.8) is 0 Å². The SMILES string of the molecule is CC(C)CCOCC(=O)[C@H](CC(C)C)NC(=O)[C@H](CC(C)C)NC(=O)OCc1ccccc1. The van der Waals surface area contributed by atoms with Crippen LogP contribution in [-0.4, -0.2) is 43.1 Å². The number of carbonyl (C=O) groups is 3. The maximum absolute atomic E-state index is 13.0. The van der Waals surface area contributed by atoms with Crippen molar-refractivity contribution in [1.29, 1.82) is 0 Å². The van der Waals surface area contributed by atoms with Gasteiger partial charge in [0.15, 0.2) is 5.78 Å². The summed E-state index contributed by atoms with van der Waals surface area (Å²) >= 11 is 0. The molecule has 0 unspecified atom stereocenters. The summed E-state index contributed by atoms with van der Waals surface area (Å²) in [7, 11) is 0. The van der Waals surface area contributed by atoms with Gasteiger partial charge in [-0.2, -0.15) is 0 Å². The number of ether oxygens (including phenoxy) is 2. The Kier molecular flexibility index (Phi) is 13.4. The lowest BCUT2D eigenvalue weighted by molar-refractivity contribution is -0.131. The minimum Gasteiger partial charge on any atom is -0.445 e. The fourth-order valence-corrected chi connectivity index (χ4v) is 3.22. The van der Waals surface area contributed by atoms with Crippen LogP contribution >= 0.6 is 0 Å². The Labute approximate surface area is 199 Å². The zero-order chi connectivity index (χ0) is 24.8. The molecule has 2 N–H and O–H groups in total. The molecule has 0 aliphatic rings. The maximum Gasteiger partial charge on any atom is 0.408 e. The van der Waals surface area contributed by atoms with Crippen LogP contribution in [0.25, 0.3) is 0 Å². The highest BCUT2D eigenvalue weighted by atomic mass is 16.5. The number of rotatable bonds is 15. The molecule has 0 aliphatic heterocycles. The number of benzene rings is 1. The van der Waals surface area contributed by atoms with Crippen molar-refractivity contribution in [3.05, 3.63) is 35.9 Å². The highest BCUT2D eigenvalue weighted by Crippen LogP contribution is 2.11. The van der Waals surface area contributed by atoms with Gasteiger partial charge in [0.05, 0.1) is 6.04 Å². The van der Waals surface area contributed by atoms with Crippen molar-refractivity contribution < 1.29 is 23.9 Å². The normalized spacial score (nSPS) is 13.1. The third-order valence-electron chi connectivity index (χ3n) is 5.02. The molecule has 2 amide bonds. The maximum atomic E-state index is 13.0. The predicted molar refractivity (Wildman–Crippen MR) is 130 cm³/mol. The molecule has 7 nitrogen and oxygen atoms in total. The van der Waals surface area contributed by atoms with E-state index >= 15 is 0 Å². The molecule has 0 bridgehead atoms. The fourth-order valence-electron chi connectivity index (χ4n) is 3.22. The van der Waals surface area contributed by atoms with Gasteiger partial charge in [-0.1, -0.05) is 71.9 Å². The molecule has 1 aromatic carbocycles. The van der Waals surface area contributed by atoms with E-state index in [1.807, 2.05) is 58.0 Å². The molecule has 186 valence electrons. The van der Waals surface area contributed by atoms with E-state index in [4.69, 9.17) is 9.47 Å². The van der Waals surface area contributed by atoms with Crippen LogP contribution < -0.4 is 10.6 Å². The Morgan fingerprint density at radius 3 is 2.00 bits per heavy atom. The quantitative estimate of drug-likeness (QED) is 0.375. The summed E-state index contributed by atoms with van der Waals surface area (Å²) in [6.45, 7) is 12.7. The van der Waals surface area contributed by atoms with E-state index in [-0.39, 0.29) is 36.7 Å². The number of Topliss-reactive ketones (excluding diaryl/α,β-unsaturated/α-hetero) is 1. The van der Waals surface area contributed by atoms with Crippen molar-refractivity contribution in [2.24, 2.45) is 17.8 Å². The molecule has 0 fully saturated rings. The zero-order valence-corrected chi connectivity index (χ0v) is 21.1. The summed E-state index contributed by atoms with van der Waals surface area (Å²) in [5, 5.41) is 5.51. The van der Waals surface area contributed by atoms with Crippen LogP contribution in [0.1, 0.15) is 66.4 Å². The van der Waals surface area contributed by atoms with Crippen LogP contribution in [0.2, 0.25) is 0 Å². The number of carbonyl (C=O) groups excluding carboxylic acids is 3. The molecule has 2 atom stereocenters. The van der Waals surface area contributed by atoms with Crippen molar-refractivity contribution in [3.8, 4) is 0 Å². The lowest BCUT2D eigenvalue weighted by Crippen LogP contribution is -2.53. The van der Waals surface area contributed by atoms with Gasteiger partial charge in [0, 0.05) is 6.61 Å². The average Bonchev–Trinajstić information content (AvgIpc) is 2.74. The molecule has 0 heterocycles. The molecule has 33 heavy (non-hydrogen) atoms. The molecule has 1 aromatic rings. The van der Waals surface area contributed by atoms with Crippen LogP contribution in [0.4, 0.5) is 4.79 Å². The molecule has 7 heteroatoms. The Hall–Kier alpha value is -2.41. The van der Waals surface area contributed by atoms with E-state index in [2.05, 4.69) is 24.5 Å². The van der Waals surface area contributed by atoms with Crippen molar-refractivity contribution in [2.45, 2.75) is 79.5 Å². The largest absolute Gasteiger partial charge is 0.445 e. The van der Waals surface area contributed by atoms with Crippen LogP contribution in [0.5, 0.6) is 0 Å². The van der Waals surface area contributed by atoms with Crippen molar-refractivity contribution >= 4 is 17.8 Å². The van der Waals surface area contributed by atoms with Crippen LogP contribution in [0.15, 0.2) is 30.3 Å². The van der Waals surface area contributed by atoms with Crippen LogP contribution in [0.3, 0.4) is 0 Å². The Morgan fingerprint density at radius 2 is 1.42 bits per heavy atom. The van der Waals surface area contributed by atoms with Crippen LogP contribution in [0, 0.1) is 17.8 Å². The second-order valence-electron chi connectivity index (χ2n) is 9.78. The average molecular weight is 463 g/mol. The fraction of sp³-hybridized carbons (Fsp3) is 0.654. The molecule has 0 saturated heterocycles. The topological polar surface area (TPSA) is 93.7 Å². The molecule has 0 radical (unpaired) electrons. The van der Waals surface area contributed by atoms with Crippen LogP contribution in [-0.2, 0) is 25.7 Å². The molecule has 0 aliphatic carbocycles. The molecule has 0 saturated carbocycles. The molecule has 0 spiro atoms. The van der Waals surface area contributed by atoms with Gasteiger partial charge >= 0.3 is 6.09 Å². The number of amides is 2. The lowest BCUT2D eigenvalue weighted by atomic mass is 9.98. The van der Waals surface area contributed by atoms with E-state index in [1.54, 1.807) is 0 Å². The van der Waals surface area contributed by atoms with E-state index in [0.29, 0.717) is 25.4 Å². The summed E-state index contributed by atoms with van der Waals surface area (Å²) in [6, 6.07) is 7.88. The number of alkyl carbamates (subject to hydrolysis) is 1. The smallest absolute Gasteiger partial charge is 0.408 e. The first kappa shape index (κ1) is 28.6. The van der Waals surface area contributed by atoms with E-state index < -0.39 is 18.2 Å². The minimum atomic E-state index is -0.794. The highest BCUT2D eigenvalue weighted by Gasteiger charge is 2.28. The first-order valence-corrected chi connectivity index (χ1v) is 12.0. The summed E-state index contributed by atoms with van der Waals surface area (Å²) < 4.78 is 10.8. The number of nitrogens with one attached hydrogen (secondary N) is 2. The van der Waals surface area contributed by atoms with Crippen molar-refractivity contribution in [2.75, 3.05) is 13.2 Å². The minimum absolute atomic E-state index is 0.0359. The van der Waals surface area contributed by atoms with Gasteiger partial charge in [0.25, 0.3) is 0 Å². The first-order chi connectivity index (χ1) is 15.6.